The molecule has 0 bridgehead atoms. The van der Waals surface area contributed by atoms with Gasteiger partial charge in [-0.2, -0.15) is 0 Å². The van der Waals surface area contributed by atoms with Crippen molar-refractivity contribution < 1.29 is 13.9 Å². The van der Waals surface area contributed by atoms with E-state index in [9.17, 15) is 4.39 Å². The Hall–Kier alpha value is -0.930. The number of hydrogen-bond acceptors (Lipinski definition) is 2. The van der Waals surface area contributed by atoms with Gasteiger partial charge in [0.25, 0.3) is 0 Å². The second kappa shape index (κ2) is 4.63. The zero-order chi connectivity index (χ0) is 12.6. The van der Waals surface area contributed by atoms with Crippen LogP contribution < -0.4 is 0 Å². The summed E-state index contributed by atoms with van der Waals surface area (Å²) >= 11 is 0. The first-order valence-corrected chi connectivity index (χ1v) is 6.62. The Morgan fingerprint density at radius 2 is 2.17 bits per heavy atom. The highest BCUT2D eigenvalue weighted by molar-refractivity contribution is 5.31. The highest BCUT2D eigenvalue weighted by Gasteiger charge is 2.50. The molecule has 1 aromatic rings. The highest BCUT2D eigenvalue weighted by atomic mass is 19.1. The molecule has 0 N–H and O–H groups in total. The number of fused-ring (bicyclic) bond motifs is 1. The van der Waals surface area contributed by atoms with E-state index in [1.807, 2.05) is 12.1 Å². The third-order valence-electron chi connectivity index (χ3n) is 4.63. The maximum atomic E-state index is 14.1. The zero-order valence-electron chi connectivity index (χ0n) is 10.7. The van der Waals surface area contributed by atoms with Crippen molar-refractivity contribution in [1.82, 2.24) is 0 Å². The zero-order valence-corrected chi connectivity index (χ0v) is 10.7. The van der Waals surface area contributed by atoms with Gasteiger partial charge in [0.15, 0.2) is 0 Å². The van der Waals surface area contributed by atoms with Crippen molar-refractivity contribution in [3.63, 3.8) is 0 Å². The van der Waals surface area contributed by atoms with Crippen LogP contribution in [0.4, 0.5) is 4.39 Å². The molecule has 0 spiro atoms. The minimum absolute atomic E-state index is 0.107. The Balaban J connectivity index is 2.01. The van der Waals surface area contributed by atoms with Crippen LogP contribution >= 0.6 is 0 Å². The van der Waals surface area contributed by atoms with Gasteiger partial charge < -0.3 is 9.47 Å². The van der Waals surface area contributed by atoms with Crippen LogP contribution in [0.2, 0.25) is 0 Å². The van der Waals surface area contributed by atoms with Crippen LogP contribution in [0.3, 0.4) is 0 Å². The Labute approximate surface area is 107 Å². The first kappa shape index (κ1) is 12.1. The summed E-state index contributed by atoms with van der Waals surface area (Å²) in [6, 6.07) is 7.13. The molecule has 0 radical (unpaired) electrons. The first-order chi connectivity index (χ1) is 8.76. The van der Waals surface area contributed by atoms with Crippen molar-refractivity contribution in [3.8, 4) is 0 Å². The molecular formula is C15H19FO2. The number of rotatable bonds is 2. The molecule has 1 aromatic carbocycles. The smallest absolute Gasteiger partial charge is 0.127 e. The molecule has 18 heavy (non-hydrogen) atoms. The molecule has 2 fully saturated rings. The summed E-state index contributed by atoms with van der Waals surface area (Å²) in [5, 5.41) is 0. The molecular weight excluding hydrogens is 231 g/mol. The van der Waals surface area contributed by atoms with Crippen LogP contribution in [0.1, 0.15) is 24.8 Å². The quantitative estimate of drug-likeness (QED) is 0.803. The van der Waals surface area contributed by atoms with E-state index in [1.54, 1.807) is 19.2 Å². The van der Waals surface area contributed by atoms with Crippen molar-refractivity contribution in [2.45, 2.75) is 30.8 Å². The lowest BCUT2D eigenvalue weighted by atomic mass is 9.63. The van der Waals surface area contributed by atoms with E-state index in [0.717, 1.165) is 31.4 Å². The Bertz CT molecular complexity index is 434. The summed E-state index contributed by atoms with van der Waals surface area (Å²) in [7, 11) is 1.75. The minimum atomic E-state index is -0.176. The molecule has 2 aliphatic rings. The van der Waals surface area contributed by atoms with Gasteiger partial charge in [0.2, 0.25) is 0 Å². The number of ether oxygens (including phenoxy) is 2. The van der Waals surface area contributed by atoms with Crippen molar-refractivity contribution >= 4 is 0 Å². The lowest BCUT2D eigenvalue weighted by Crippen LogP contribution is -2.43. The third kappa shape index (κ3) is 1.77. The molecule has 1 aliphatic heterocycles. The van der Waals surface area contributed by atoms with E-state index in [1.165, 1.54) is 0 Å². The molecule has 0 unspecified atom stereocenters. The molecule has 98 valence electrons. The molecule has 3 heteroatoms. The van der Waals surface area contributed by atoms with E-state index in [-0.39, 0.29) is 17.3 Å². The van der Waals surface area contributed by atoms with Crippen molar-refractivity contribution in [2.75, 3.05) is 20.3 Å². The standard InChI is InChI=1S/C15H19FO2/c1-17-12-7-6-11-9-18-10-15(11,8-12)13-4-2-3-5-14(13)16/h2-5,11-12H,6-10H2,1H3/t11-,12-,15-/m0/s1. The molecule has 0 aromatic heterocycles. The Morgan fingerprint density at radius 3 is 2.94 bits per heavy atom. The predicted octanol–water partition coefficient (Wildman–Crippen LogP) is 2.91. The minimum Gasteiger partial charge on any atom is -0.381 e. The van der Waals surface area contributed by atoms with Crippen LogP contribution in [0.5, 0.6) is 0 Å². The van der Waals surface area contributed by atoms with Gasteiger partial charge in [0, 0.05) is 12.5 Å². The lowest BCUT2D eigenvalue weighted by Gasteiger charge is -2.41. The number of methoxy groups -OCH3 is 1. The summed E-state index contributed by atoms with van der Waals surface area (Å²) in [6.07, 6.45) is 3.21. The second-order valence-corrected chi connectivity index (χ2v) is 5.49. The molecule has 1 saturated carbocycles. The molecule has 1 saturated heterocycles. The van der Waals surface area contributed by atoms with Gasteiger partial charge in [-0.1, -0.05) is 18.2 Å². The fourth-order valence-corrected chi connectivity index (χ4v) is 3.62. The van der Waals surface area contributed by atoms with Crippen LogP contribution in [-0.4, -0.2) is 26.4 Å². The fraction of sp³-hybridized carbons (Fsp3) is 0.600. The van der Waals surface area contributed by atoms with Crippen LogP contribution in [0.25, 0.3) is 0 Å². The van der Waals surface area contributed by atoms with E-state index < -0.39 is 0 Å². The summed E-state index contributed by atoms with van der Waals surface area (Å²) in [5.41, 5.74) is 0.638. The van der Waals surface area contributed by atoms with E-state index in [2.05, 4.69) is 0 Å². The molecule has 1 heterocycles. The van der Waals surface area contributed by atoms with Crippen LogP contribution in [-0.2, 0) is 14.9 Å². The van der Waals surface area contributed by atoms with Crippen molar-refractivity contribution in [2.24, 2.45) is 5.92 Å². The largest absolute Gasteiger partial charge is 0.381 e. The summed E-state index contributed by atoms with van der Waals surface area (Å²) < 4.78 is 25.3. The van der Waals surface area contributed by atoms with E-state index in [0.29, 0.717) is 12.5 Å². The van der Waals surface area contributed by atoms with Gasteiger partial charge in [-0.3, -0.25) is 0 Å². The van der Waals surface area contributed by atoms with Gasteiger partial charge in [-0.25, -0.2) is 4.39 Å². The monoisotopic (exact) mass is 250 g/mol. The third-order valence-corrected chi connectivity index (χ3v) is 4.63. The van der Waals surface area contributed by atoms with E-state index in [4.69, 9.17) is 9.47 Å². The summed E-state index contributed by atoms with van der Waals surface area (Å²) in [4.78, 5) is 0. The average molecular weight is 250 g/mol. The van der Waals surface area contributed by atoms with Crippen LogP contribution in [0.15, 0.2) is 24.3 Å². The number of halogens is 1. The highest BCUT2D eigenvalue weighted by Crippen LogP contribution is 2.48. The lowest BCUT2D eigenvalue weighted by molar-refractivity contribution is 0.0257. The predicted molar refractivity (Wildman–Crippen MR) is 67.0 cm³/mol. The number of benzene rings is 1. The molecule has 1 aliphatic carbocycles. The number of hydrogen-bond donors (Lipinski definition) is 0. The fourth-order valence-electron chi connectivity index (χ4n) is 3.62. The molecule has 3 atom stereocenters. The average Bonchev–Trinajstić information content (AvgIpc) is 2.82. The van der Waals surface area contributed by atoms with E-state index >= 15 is 0 Å². The summed E-state index contributed by atoms with van der Waals surface area (Å²) in [5.74, 6) is 0.325. The van der Waals surface area contributed by atoms with Gasteiger partial charge in [0.05, 0.1) is 19.3 Å². The SMILES string of the molecule is CO[C@H]1CC[C@H]2COC[C@@]2(c2ccccc2F)C1. The van der Waals surface area contributed by atoms with Gasteiger partial charge in [-0.05, 0) is 36.8 Å². The summed E-state index contributed by atoms with van der Waals surface area (Å²) in [6.45, 7) is 1.38. The Morgan fingerprint density at radius 1 is 1.33 bits per heavy atom. The van der Waals surface area contributed by atoms with Gasteiger partial charge >= 0.3 is 0 Å². The first-order valence-electron chi connectivity index (χ1n) is 6.62. The topological polar surface area (TPSA) is 18.5 Å². The Kier molecular flexibility index (Phi) is 3.12. The van der Waals surface area contributed by atoms with Crippen LogP contribution in [0, 0.1) is 11.7 Å². The maximum absolute atomic E-state index is 14.1. The van der Waals surface area contributed by atoms with Gasteiger partial charge in [0.1, 0.15) is 5.82 Å². The maximum Gasteiger partial charge on any atom is 0.127 e. The molecule has 2 nitrogen and oxygen atoms in total. The molecule has 3 rings (SSSR count). The van der Waals surface area contributed by atoms with Crippen molar-refractivity contribution in [1.29, 1.82) is 0 Å². The molecule has 0 amide bonds. The normalized spacial score (nSPS) is 35.4. The van der Waals surface area contributed by atoms with Gasteiger partial charge in [-0.15, -0.1) is 0 Å². The van der Waals surface area contributed by atoms with Crippen molar-refractivity contribution in [3.05, 3.63) is 35.6 Å². The second-order valence-electron chi connectivity index (χ2n) is 5.49.